The van der Waals surface area contributed by atoms with E-state index in [2.05, 4.69) is 15.3 Å². The lowest BCUT2D eigenvalue weighted by Crippen LogP contribution is -2.24. The van der Waals surface area contributed by atoms with Gasteiger partial charge in [0.25, 0.3) is 0 Å². The van der Waals surface area contributed by atoms with Crippen LogP contribution in [0.4, 0.5) is 5.82 Å². The molecular weight excluding hydrogens is 222 g/mol. The Hall–Kier alpha value is -1.98. The summed E-state index contributed by atoms with van der Waals surface area (Å²) in [5.41, 5.74) is -0.233. The molecular formula is C11H13N3O3. The molecule has 17 heavy (non-hydrogen) atoms. The maximum absolute atomic E-state index is 11.8. The zero-order chi connectivity index (χ0) is 12.4. The molecule has 1 aromatic rings. The van der Waals surface area contributed by atoms with Crippen LogP contribution in [0.5, 0.6) is 0 Å². The number of aromatic nitrogens is 2. The van der Waals surface area contributed by atoms with E-state index < -0.39 is 5.97 Å². The third kappa shape index (κ3) is 2.58. The molecule has 1 aliphatic carbocycles. The van der Waals surface area contributed by atoms with E-state index in [0.717, 1.165) is 12.8 Å². The number of carbonyl (C=O) groups excluding carboxylic acids is 1. The van der Waals surface area contributed by atoms with Gasteiger partial charge in [0, 0.05) is 18.3 Å². The highest BCUT2D eigenvalue weighted by Crippen LogP contribution is 2.37. The van der Waals surface area contributed by atoms with Crippen LogP contribution in [0.25, 0.3) is 0 Å². The molecule has 0 bridgehead atoms. The molecule has 0 saturated heterocycles. The van der Waals surface area contributed by atoms with Crippen LogP contribution in [0.1, 0.15) is 30.3 Å². The number of carbonyl (C=O) groups is 2. The Morgan fingerprint density at radius 2 is 2.06 bits per heavy atom. The van der Waals surface area contributed by atoms with Gasteiger partial charge in [-0.25, -0.2) is 14.8 Å². The highest BCUT2D eigenvalue weighted by atomic mass is 16.4. The molecule has 90 valence electrons. The van der Waals surface area contributed by atoms with E-state index in [1.165, 1.54) is 12.4 Å². The van der Waals surface area contributed by atoms with Crippen molar-refractivity contribution in [1.29, 1.82) is 0 Å². The molecule has 1 amide bonds. The van der Waals surface area contributed by atoms with E-state index in [1.807, 2.05) is 6.92 Å². The first-order valence-electron chi connectivity index (χ1n) is 5.44. The molecule has 0 spiro atoms. The standard InChI is InChI=1S/C11H13N3O3/c1-6(7-2-3-7)10(15)14-9-8(11(16)17)12-4-5-13-9/h4-7H,2-3H2,1H3,(H,16,17)(H,13,14,15). The van der Waals surface area contributed by atoms with E-state index in [9.17, 15) is 9.59 Å². The van der Waals surface area contributed by atoms with Gasteiger partial charge in [-0.05, 0) is 18.8 Å². The minimum absolute atomic E-state index is 0.0116. The lowest BCUT2D eigenvalue weighted by molar-refractivity contribution is -0.119. The zero-order valence-electron chi connectivity index (χ0n) is 9.38. The smallest absolute Gasteiger partial charge is 0.358 e. The fraction of sp³-hybridized carbons (Fsp3) is 0.455. The Labute approximate surface area is 98.1 Å². The molecule has 0 aromatic carbocycles. The summed E-state index contributed by atoms with van der Waals surface area (Å²) in [6.07, 6.45) is 4.74. The summed E-state index contributed by atoms with van der Waals surface area (Å²) in [6, 6.07) is 0. The summed E-state index contributed by atoms with van der Waals surface area (Å²) in [5, 5.41) is 11.4. The van der Waals surface area contributed by atoms with Crippen LogP contribution >= 0.6 is 0 Å². The Kier molecular flexibility index (Phi) is 3.03. The third-order valence-electron chi connectivity index (χ3n) is 2.89. The van der Waals surface area contributed by atoms with Gasteiger partial charge in [-0.15, -0.1) is 0 Å². The molecule has 1 atom stereocenters. The van der Waals surface area contributed by atoms with Crippen LogP contribution in [0, 0.1) is 11.8 Å². The van der Waals surface area contributed by atoms with Gasteiger partial charge in [0.2, 0.25) is 5.91 Å². The Bertz CT molecular complexity index is 457. The lowest BCUT2D eigenvalue weighted by atomic mass is 10.1. The predicted molar refractivity (Wildman–Crippen MR) is 59.5 cm³/mol. The number of nitrogens with one attached hydrogen (secondary N) is 1. The quantitative estimate of drug-likeness (QED) is 0.816. The molecule has 6 heteroatoms. The zero-order valence-corrected chi connectivity index (χ0v) is 9.38. The topological polar surface area (TPSA) is 92.2 Å². The fourth-order valence-corrected chi connectivity index (χ4v) is 1.63. The monoisotopic (exact) mass is 235 g/mol. The number of rotatable bonds is 4. The summed E-state index contributed by atoms with van der Waals surface area (Å²) in [4.78, 5) is 30.2. The third-order valence-corrected chi connectivity index (χ3v) is 2.89. The van der Waals surface area contributed by atoms with Crippen LogP contribution < -0.4 is 5.32 Å². The number of aromatic carboxylic acids is 1. The molecule has 0 aliphatic heterocycles. The maximum atomic E-state index is 11.8. The summed E-state index contributed by atoms with van der Waals surface area (Å²) in [5.74, 6) is -1.08. The minimum Gasteiger partial charge on any atom is -0.476 e. The average Bonchev–Trinajstić information content (AvgIpc) is 3.12. The number of nitrogens with zero attached hydrogens (tertiary/aromatic N) is 2. The molecule has 1 aliphatic rings. The van der Waals surface area contributed by atoms with Gasteiger partial charge in [0.15, 0.2) is 11.5 Å². The Morgan fingerprint density at radius 1 is 1.41 bits per heavy atom. The van der Waals surface area contributed by atoms with Gasteiger partial charge < -0.3 is 10.4 Å². The van der Waals surface area contributed by atoms with Gasteiger partial charge in [-0.3, -0.25) is 4.79 Å². The number of hydrogen-bond acceptors (Lipinski definition) is 4. The largest absolute Gasteiger partial charge is 0.476 e. The first-order valence-corrected chi connectivity index (χ1v) is 5.44. The molecule has 1 fully saturated rings. The second-order valence-corrected chi connectivity index (χ2v) is 4.17. The second-order valence-electron chi connectivity index (χ2n) is 4.17. The normalized spacial score (nSPS) is 16.3. The van der Waals surface area contributed by atoms with Gasteiger partial charge in [-0.2, -0.15) is 0 Å². The molecule has 0 radical (unpaired) electrons. The summed E-state index contributed by atoms with van der Waals surface area (Å²) in [6.45, 7) is 1.84. The number of carboxylic acids is 1. The van der Waals surface area contributed by atoms with Crippen LogP contribution in [0.15, 0.2) is 12.4 Å². The predicted octanol–water partition coefficient (Wildman–Crippen LogP) is 1.16. The van der Waals surface area contributed by atoms with Crippen LogP contribution in [0.2, 0.25) is 0 Å². The van der Waals surface area contributed by atoms with E-state index in [1.54, 1.807) is 0 Å². The van der Waals surface area contributed by atoms with Crippen molar-refractivity contribution in [2.24, 2.45) is 11.8 Å². The highest BCUT2D eigenvalue weighted by molar-refractivity contribution is 5.98. The van der Waals surface area contributed by atoms with Crippen molar-refractivity contribution in [3.8, 4) is 0 Å². The van der Waals surface area contributed by atoms with Crippen molar-refractivity contribution in [2.45, 2.75) is 19.8 Å². The van der Waals surface area contributed by atoms with E-state index in [0.29, 0.717) is 5.92 Å². The molecule has 1 saturated carbocycles. The van der Waals surface area contributed by atoms with Crippen LogP contribution in [0.3, 0.4) is 0 Å². The van der Waals surface area contributed by atoms with Crippen molar-refractivity contribution < 1.29 is 14.7 Å². The van der Waals surface area contributed by atoms with E-state index >= 15 is 0 Å². The van der Waals surface area contributed by atoms with Gasteiger partial charge in [0.1, 0.15) is 0 Å². The summed E-state index contributed by atoms with van der Waals surface area (Å²) in [7, 11) is 0. The average molecular weight is 235 g/mol. The van der Waals surface area contributed by atoms with Gasteiger partial charge in [-0.1, -0.05) is 6.92 Å². The lowest BCUT2D eigenvalue weighted by Gasteiger charge is -2.11. The second kappa shape index (κ2) is 4.48. The molecule has 1 aromatic heterocycles. The number of carboxylic acid groups (broad SMARTS) is 1. The van der Waals surface area contributed by atoms with Gasteiger partial charge in [0.05, 0.1) is 0 Å². The molecule has 1 heterocycles. The number of hydrogen-bond donors (Lipinski definition) is 2. The van der Waals surface area contributed by atoms with Crippen molar-refractivity contribution in [3.63, 3.8) is 0 Å². The Balaban J connectivity index is 2.12. The van der Waals surface area contributed by atoms with Crippen molar-refractivity contribution >= 4 is 17.7 Å². The van der Waals surface area contributed by atoms with Crippen LogP contribution in [-0.2, 0) is 4.79 Å². The van der Waals surface area contributed by atoms with E-state index in [-0.39, 0.29) is 23.3 Å². The SMILES string of the molecule is CC(C(=O)Nc1nccnc1C(=O)O)C1CC1. The van der Waals surface area contributed by atoms with Crippen molar-refractivity contribution in [3.05, 3.63) is 18.1 Å². The van der Waals surface area contributed by atoms with Gasteiger partial charge >= 0.3 is 5.97 Å². The van der Waals surface area contributed by atoms with Crippen molar-refractivity contribution in [1.82, 2.24) is 9.97 Å². The highest BCUT2D eigenvalue weighted by Gasteiger charge is 2.33. The number of anilines is 1. The Morgan fingerprint density at radius 3 is 2.65 bits per heavy atom. The fourth-order valence-electron chi connectivity index (χ4n) is 1.63. The number of amides is 1. The summed E-state index contributed by atoms with van der Waals surface area (Å²) < 4.78 is 0. The first-order chi connectivity index (χ1) is 8.09. The van der Waals surface area contributed by atoms with Crippen molar-refractivity contribution in [2.75, 3.05) is 5.32 Å². The molecule has 2 rings (SSSR count). The molecule has 2 N–H and O–H groups in total. The maximum Gasteiger partial charge on any atom is 0.358 e. The van der Waals surface area contributed by atoms with E-state index in [4.69, 9.17) is 5.11 Å². The first kappa shape index (κ1) is 11.5. The summed E-state index contributed by atoms with van der Waals surface area (Å²) >= 11 is 0. The minimum atomic E-state index is -1.20. The molecule has 6 nitrogen and oxygen atoms in total. The van der Waals surface area contributed by atoms with Crippen LogP contribution in [-0.4, -0.2) is 27.0 Å². The molecule has 1 unspecified atom stereocenters.